The predicted octanol–water partition coefficient (Wildman–Crippen LogP) is 1.79. The maximum atomic E-state index is 14.3. The molecular formula is C20H27FN2O6S. The van der Waals surface area contributed by atoms with Crippen molar-refractivity contribution < 1.29 is 31.9 Å². The van der Waals surface area contributed by atoms with Gasteiger partial charge in [-0.2, -0.15) is 4.31 Å². The third kappa shape index (κ3) is 5.16. The van der Waals surface area contributed by atoms with Gasteiger partial charge < -0.3 is 14.4 Å². The number of rotatable bonds is 6. The fraction of sp³-hybridized carbons (Fsp3) is 0.600. The number of esters is 1. The molecule has 1 aliphatic heterocycles. The summed E-state index contributed by atoms with van der Waals surface area (Å²) in [7, 11) is -2.42. The van der Waals surface area contributed by atoms with Gasteiger partial charge in [0.15, 0.2) is 6.61 Å². The van der Waals surface area contributed by atoms with E-state index in [9.17, 15) is 22.4 Å². The highest BCUT2D eigenvalue weighted by Gasteiger charge is 2.30. The maximum Gasteiger partial charge on any atom is 0.338 e. The Hall–Kier alpha value is -2.04. The molecule has 1 aliphatic carbocycles. The number of carbonyl (C=O) groups is 2. The molecule has 0 spiro atoms. The number of ether oxygens (including phenoxy) is 2. The SMILES string of the molecule is CN(C(=O)COC(=O)c1ccc(F)c(S(=O)(=O)N2CCOCC2)c1)C1CCCCC1. The van der Waals surface area contributed by atoms with Crippen LogP contribution < -0.4 is 0 Å². The number of morpholine rings is 1. The molecule has 3 rings (SSSR count). The molecular weight excluding hydrogens is 415 g/mol. The molecule has 1 saturated heterocycles. The molecule has 166 valence electrons. The third-order valence-corrected chi connectivity index (χ3v) is 7.51. The lowest BCUT2D eigenvalue weighted by Gasteiger charge is -2.31. The number of hydrogen-bond donors (Lipinski definition) is 0. The second kappa shape index (κ2) is 9.84. The van der Waals surface area contributed by atoms with E-state index in [4.69, 9.17) is 9.47 Å². The lowest BCUT2D eigenvalue weighted by molar-refractivity contribution is -0.135. The van der Waals surface area contributed by atoms with Crippen molar-refractivity contribution in [3.63, 3.8) is 0 Å². The summed E-state index contributed by atoms with van der Waals surface area (Å²) in [5.74, 6) is -2.15. The monoisotopic (exact) mass is 442 g/mol. The van der Waals surface area contributed by atoms with Crippen molar-refractivity contribution in [3.8, 4) is 0 Å². The van der Waals surface area contributed by atoms with Crippen LogP contribution in [0, 0.1) is 5.82 Å². The summed E-state index contributed by atoms with van der Waals surface area (Å²) in [6.07, 6.45) is 5.15. The first-order valence-electron chi connectivity index (χ1n) is 10.1. The van der Waals surface area contributed by atoms with Gasteiger partial charge in [-0.25, -0.2) is 17.6 Å². The molecule has 0 radical (unpaired) electrons. The van der Waals surface area contributed by atoms with Crippen LogP contribution in [-0.4, -0.2) is 75.5 Å². The second-order valence-electron chi connectivity index (χ2n) is 7.53. The number of sulfonamides is 1. The Morgan fingerprint density at radius 3 is 2.53 bits per heavy atom. The molecule has 1 aromatic carbocycles. The van der Waals surface area contributed by atoms with Crippen molar-refractivity contribution in [2.45, 2.75) is 43.0 Å². The Kier molecular flexibility index (Phi) is 7.43. The molecule has 10 heteroatoms. The molecule has 2 aliphatic rings. The molecule has 0 bridgehead atoms. The Labute approximate surface area is 176 Å². The van der Waals surface area contributed by atoms with Gasteiger partial charge in [0.05, 0.1) is 18.8 Å². The smallest absolute Gasteiger partial charge is 0.338 e. The minimum atomic E-state index is -4.11. The molecule has 2 fully saturated rings. The van der Waals surface area contributed by atoms with E-state index in [-0.39, 0.29) is 43.8 Å². The number of halogens is 1. The predicted molar refractivity (Wildman–Crippen MR) is 106 cm³/mol. The highest BCUT2D eigenvalue weighted by Crippen LogP contribution is 2.23. The van der Waals surface area contributed by atoms with Gasteiger partial charge in [-0.1, -0.05) is 19.3 Å². The van der Waals surface area contributed by atoms with E-state index in [0.717, 1.165) is 54.6 Å². The Bertz CT molecular complexity index is 879. The molecule has 1 saturated carbocycles. The highest BCUT2D eigenvalue weighted by atomic mass is 32.2. The maximum absolute atomic E-state index is 14.3. The molecule has 0 N–H and O–H groups in total. The second-order valence-corrected chi connectivity index (χ2v) is 9.44. The van der Waals surface area contributed by atoms with Crippen LogP contribution in [0.1, 0.15) is 42.5 Å². The summed E-state index contributed by atoms with van der Waals surface area (Å²) in [6.45, 7) is 0.212. The van der Waals surface area contributed by atoms with Gasteiger partial charge >= 0.3 is 5.97 Å². The van der Waals surface area contributed by atoms with Crippen molar-refractivity contribution in [1.29, 1.82) is 0 Å². The van der Waals surface area contributed by atoms with E-state index in [0.29, 0.717) is 0 Å². The first-order chi connectivity index (χ1) is 14.3. The molecule has 1 heterocycles. The van der Waals surface area contributed by atoms with Gasteiger partial charge in [0.25, 0.3) is 5.91 Å². The largest absolute Gasteiger partial charge is 0.452 e. The zero-order valence-corrected chi connectivity index (χ0v) is 17.8. The summed E-state index contributed by atoms with van der Waals surface area (Å²) in [5, 5.41) is 0. The van der Waals surface area contributed by atoms with E-state index in [1.54, 1.807) is 11.9 Å². The fourth-order valence-corrected chi connectivity index (χ4v) is 5.24. The van der Waals surface area contributed by atoms with E-state index < -0.39 is 33.3 Å². The third-order valence-electron chi connectivity index (χ3n) is 5.60. The van der Waals surface area contributed by atoms with Gasteiger partial charge in [-0.15, -0.1) is 0 Å². The lowest BCUT2D eigenvalue weighted by Crippen LogP contribution is -2.41. The van der Waals surface area contributed by atoms with Crippen LogP contribution in [0.5, 0.6) is 0 Å². The van der Waals surface area contributed by atoms with E-state index in [2.05, 4.69) is 0 Å². The van der Waals surface area contributed by atoms with Crippen LogP contribution in [0.3, 0.4) is 0 Å². The summed E-state index contributed by atoms with van der Waals surface area (Å²) < 4.78 is 51.0. The summed E-state index contributed by atoms with van der Waals surface area (Å²) in [6, 6.07) is 3.16. The van der Waals surface area contributed by atoms with Gasteiger partial charge in [0.2, 0.25) is 10.0 Å². The lowest BCUT2D eigenvalue weighted by atomic mass is 9.94. The van der Waals surface area contributed by atoms with Crippen LogP contribution in [0.2, 0.25) is 0 Å². The van der Waals surface area contributed by atoms with Crippen LogP contribution in [-0.2, 0) is 24.3 Å². The molecule has 1 amide bonds. The number of carbonyl (C=O) groups excluding carboxylic acids is 2. The van der Waals surface area contributed by atoms with Crippen molar-refractivity contribution >= 4 is 21.9 Å². The van der Waals surface area contributed by atoms with Crippen LogP contribution >= 0.6 is 0 Å². The first-order valence-corrected chi connectivity index (χ1v) is 11.5. The highest BCUT2D eigenvalue weighted by molar-refractivity contribution is 7.89. The van der Waals surface area contributed by atoms with Gasteiger partial charge in [-0.3, -0.25) is 4.79 Å². The van der Waals surface area contributed by atoms with Crippen LogP contribution in [0.4, 0.5) is 4.39 Å². The Morgan fingerprint density at radius 1 is 1.20 bits per heavy atom. The number of nitrogens with zero attached hydrogens (tertiary/aromatic N) is 2. The molecule has 1 aromatic rings. The van der Waals surface area contributed by atoms with Crippen LogP contribution in [0.15, 0.2) is 23.1 Å². The summed E-state index contributed by atoms with van der Waals surface area (Å²) in [5.41, 5.74) is -0.128. The Morgan fingerprint density at radius 2 is 1.87 bits per heavy atom. The molecule has 0 atom stereocenters. The molecule has 8 nitrogen and oxygen atoms in total. The van der Waals surface area contributed by atoms with Crippen molar-refractivity contribution in [3.05, 3.63) is 29.6 Å². The van der Waals surface area contributed by atoms with E-state index in [1.807, 2.05) is 0 Å². The Balaban J connectivity index is 1.66. The topological polar surface area (TPSA) is 93.2 Å². The fourth-order valence-electron chi connectivity index (χ4n) is 3.74. The van der Waals surface area contributed by atoms with E-state index >= 15 is 0 Å². The zero-order chi connectivity index (χ0) is 21.7. The number of likely N-dealkylation sites (N-methyl/N-ethyl adjacent to an activating group) is 1. The minimum Gasteiger partial charge on any atom is -0.452 e. The normalized spacial score (nSPS) is 18.7. The average Bonchev–Trinajstić information content (AvgIpc) is 2.78. The minimum absolute atomic E-state index is 0.110. The van der Waals surface area contributed by atoms with Crippen molar-refractivity contribution in [2.24, 2.45) is 0 Å². The quantitative estimate of drug-likeness (QED) is 0.624. The molecule has 0 aromatic heterocycles. The van der Waals surface area contributed by atoms with Crippen LogP contribution in [0.25, 0.3) is 0 Å². The van der Waals surface area contributed by atoms with Crippen molar-refractivity contribution in [2.75, 3.05) is 40.0 Å². The summed E-state index contributed by atoms with van der Waals surface area (Å²) >= 11 is 0. The standard InChI is InChI=1S/C20H27FN2O6S/c1-22(16-5-3-2-4-6-16)19(24)14-29-20(25)15-7-8-17(21)18(13-15)30(26,27)23-9-11-28-12-10-23/h7-8,13,16H,2-6,9-12,14H2,1H3. The zero-order valence-electron chi connectivity index (χ0n) is 17.0. The number of benzene rings is 1. The van der Waals surface area contributed by atoms with Gasteiger partial charge in [0, 0.05) is 26.2 Å². The molecule has 30 heavy (non-hydrogen) atoms. The number of amides is 1. The summed E-state index contributed by atoms with van der Waals surface area (Å²) in [4.78, 5) is 25.7. The van der Waals surface area contributed by atoms with Gasteiger partial charge in [-0.05, 0) is 31.0 Å². The van der Waals surface area contributed by atoms with Gasteiger partial charge in [0.1, 0.15) is 10.7 Å². The van der Waals surface area contributed by atoms with E-state index in [1.165, 1.54) is 0 Å². The van der Waals surface area contributed by atoms with Crippen molar-refractivity contribution in [1.82, 2.24) is 9.21 Å². The first kappa shape index (κ1) is 22.6. The average molecular weight is 443 g/mol. The molecule has 0 unspecified atom stereocenters. The number of hydrogen-bond acceptors (Lipinski definition) is 6.